The summed E-state index contributed by atoms with van der Waals surface area (Å²) in [7, 11) is 0. The second-order valence-corrected chi connectivity index (χ2v) is 3.72. The van der Waals surface area contributed by atoms with E-state index in [9.17, 15) is 4.79 Å². The van der Waals surface area contributed by atoms with E-state index in [0.717, 1.165) is 16.6 Å². The quantitative estimate of drug-likeness (QED) is 0.650. The van der Waals surface area contributed by atoms with Gasteiger partial charge in [-0.15, -0.1) is 0 Å². The molecule has 5 heteroatoms. The molecule has 0 fully saturated rings. The lowest BCUT2D eigenvalue weighted by molar-refractivity contribution is 0.0691. The van der Waals surface area contributed by atoms with Crippen molar-refractivity contribution >= 4 is 22.8 Å². The SMILES string of the molecule is Cc1cccc2c1nc1[nH]c(C(=O)O)cn12. The van der Waals surface area contributed by atoms with Crippen LogP contribution in [0.3, 0.4) is 0 Å². The van der Waals surface area contributed by atoms with Gasteiger partial charge in [0, 0.05) is 6.20 Å². The summed E-state index contributed by atoms with van der Waals surface area (Å²) in [5, 5.41) is 8.86. The summed E-state index contributed by atoms with van der Waals surface area (Å²) in [6, 6.07) is 5.83. The van der Waals surface area contributed by atoms with E-state index < -0.39 is 5.97 Å². The van der Waals surface area contributed by atoms with Gasteiger partial charge in [-0.3, -0.25) is 4.40 Å². The first-order chi connectivity index (χ1) is 7.66. The predicted octanol–water partition coefficient (Wildman–Crippen LogP) is 1.82. The Morgan fingerprint density at radius 3 is 3.06 bits per heavy atom. The average Bonchev–Trinajstić information content (AvgIpc) is 2.76. The maximum atomic E-state index is 10.8. The summed E-state index contributed by atoms with van der Waals surface area (Å²) in [6.45, 7) is 1.98. The number of aromatic nitrogens is 3. The fourth-order valence-corrected chi connectivity index (χ4v) is 1.87. The molecule has 2 heterocycles. The van der Waals surface area contributed by atoms with Crippen LogP contribution in [0.1, 0.15) is 16.1 Å². The molecule has 0 atom stereocenters. The number of fused-ring (bicyclic) bond motifs is 3. The topological polar surface area (TPSA) is 70.4 Å². The molecule has 5 nitrogen and oxygen atoms in total. The van der Waals surface area contributed by atoms with Gasteiger partial charge >= 0.3 is 5.97 Å². The van der Waals surface area contributed by atoms with Crippen molar-refractivity contribution in [3.8, 4) is 0 Å². The number of para-hydroxylation sites is 1. The Labute approximate surface area is 90.3 Å². The second kappa shape index (κ2) is 2.85. The van der Waals surface area contributed by atoms with Crippen molar-refractivity contribution in [2.45, 2.75) is 6.92 Å². The van der Waals surface area contributed by atoms with E-state index in [1.54, 1.807) is 10.6 Å². The number of carboxylic acids is 1. The summed E-state index contributed by atoms with van der Waals surface area (Å²) in [5.41, 5.74) is 3.03. The predicted molar refractivity (Wildman–Crippen MR) is 58.7 cm³/mol. The lowest BCUT2D eigenvalue weighted by Gasteiger charge is -1.93. The van der Waals surface area contributed by atoms with Gasteiger partial charge in [0.05, 0.1) is 11.0 Å². The molecule has 2 aromatic heterocycles. The largest absolute Gasteiger partial charge is 0.477 e. The molecule has 0 aliphatic rings. The molecule has 0 amide bonds. The maximum absolute atomic E-state index is 10.8. The zero-order chi connectivity index (χ0) is 11.3. The third-order valence-corrected chi connectivity index (χ3v) is 2.66. The van der Waals surface area contributed by atoms with E-state index in [1.165, 1.54) is 0 Å². The molecule has 16 heavy (non-hydrogen) atoms. The van der Waals surface area contributed by atoms with Crippen molar-refractivity contribution in [2.75, 3.05) is 0 Å². The highest BCUT2D eigenvalue weighted by Crippen LogP contribution is 2.19. The van der Waals surface area contributed by atoms with Crippen LogP contribution in [0.2, 0.25) is 0 Å². The fraction of sp³-hybridized carbons (Fsp3) is 0.0909. The zero-order valence-electron chi connectivity index (χ0n) is 8.56. The smallest absolute Gasteiger partial charge is 0.353 e. The lowest BCUT2D eigenvalue weighted by Crippen LogP contribution is -1.95. The van der Waals surface area contributed by atoms with Crippen molar-refractivity contribution in [1.29, 1.82) is 0 Å². The van der Waals surface area contributed by atoms with Crippen LogP contribution in [0.5, 0.6) is 0 Å². The van der Waals surface area contributed by atoms with Crippen LogP contribution < -0.4 is 0 Å². The van der Waals surface area contributed by atoms with Gasteiger partial charge in [0.25, 0.3) is 0 Å². The minimum Gasteiger partial charge on any atom is -0.477 e. The van der Waals surface area contributed by atoms with E-state index in [0.29, 0.717) is 5.78 Å². The van der Waals surface area contributed by atoms with E-state index in [4.69, 9.17) is 5.11 Å². The van der Waals surface area contributed by atoms with Crippen LogP contribution in [-0.4, -0.2) is 25.4 Å². The summed E-state index contributed by atoms with van der Waals surface area (Å²) < 4.78 is 1.76. The van der Waals surface area contributed by atoms with Crippen LogP contribution in [-0.2, 0) is 0 Å². The van der Waals surface area contributed by atoms with E-state index in [2.05, 4.69) is 9.97 Å². The second-order valence-electron chi connectivity index (χ2n) is 3.72. The number of H-pyrrole nitrogens is 1. The van der Waals surface area contributed by atoms with E-state index in [-0.39, 0.29) is 5.69 Å². The van der Waals surface area contributed by atoms with Gasteiger partial charge in [-0.2, -0.15) is 0 Å². The number of aryl methyl sites for hydroxylation is 1. The fourth-order valence-electron chi connectivity index (χ4n) is 1.87. The first-order valence-corrected chi connectivity index (χ1v) is 4.86. The molecule has 0 aliphatic heterocycles. The summed E-state index contributed by atoms with van der Waals surface area (Å²) in [5.74, 6) is -0.423. The Bertz CT molecular complexity index is 708. The molecule has 0 aliphatic carbocycles. The number of rotatable bonds is 1. The number of aromatic carboxylic acids is 1. The summed E-state index contributed by atoms with van der Waals surface area (Å²) in [4.78, 5) is 17.9. The van der Waals surface area contributed by atoms with Gasteiger partial charge in [-0.1, -0.05) is 12.1 Å². The minimum absolute atomic E-state index is 0.144. The molecule has 2 N–H and O–H groups in total. The molecule has 80 valence electrons. The molecule has 1 aromatic carbocycles. The van der Waals surface area contributed by atoms with Gasteiger partial charge in [-0.25, -0.2) is 9.78 Å². The van der Waals surface area contributed by atoms with Gasteiger partial charge in [0.1, 0.15) is 5.69 Å². The van der Waals surface area contributed by atoms with Gasteiger partial charge in [0.2, 0.25) is 5.78 Å². The van der Waals surface area contributed by atoms with Crippen LogP contribution in [0, 0.1) is 6.92 Å². The van der Waals surface area contributed by atoms with Crippen molar-refractivity contribution in [1.82, 2.24) is 14.4 Å². The lowest BCUT2D eigenvalue weighted by atomic mass is 10.2. The number of nitrogens with one attached hydrogen (secondary N) is 1. The molecular weight excluding hydrogens is 206 g/mol. The van der Waals surface area contributed by atoms with Crippen LogP contribution in [0.4, 0.5) is 0 Å². The molecule has 0 radical (unpaired) electrons. The number of hydrogen-bond acceptors (Lipinski definition) is 2. The van der Waals surface area contributed by atoms with Gasteiger partial charge < -0.3 is 10.1 Å². The first kappa shape index (κ1) is 8.96. The molecular formula is C11H9N3O2. The molecule has 3 rings (SSSR count). The van der Waals surface area contributed by atoms with Crippen LogP contribution >= 0.6 is 0 Å². The van der Waals surface area contributed by atoms with Crippen molar-refractivity contribution in [3.63, 3.8) is 0 Å². The van der Waals surface area contributed by atoms with Crippen molar-refractivity contribution in [2.24, 2.45) is 0 Å². The molecule has 3 aromatic rings. The van der Waals surface area contributed by atoms with Crippen molar-refractivity contribution < 1.29 is 9.90 Å². The number of aromatic amines is 1. The number of benzene rings is 1. The van der Waals surface area contributed by atoms with Crippen LogP contribution in [0.15, 0.2) is 24.4 Å². The molecule has 0 unspecified atom stereocenters. The zero-order valence-corrected chi connectivity index (χ0v) is 8.56. The first-order valence-electron chi connectivity index (χ1n) is 4.86. The molecule has 0 bridgehead atoms. The number of hydrogen-bond donors (Lipinski definition) is 2. The average molecular weight is 215 g/mol. The Morgan fingerprint density at radius 2 is 2.31 bits per heavy atom. The third-order valence-electron chi connectivity index (χ3n) is 2.66. The normalized spacial score (nSPS) is 11.3. The maximum Gasteiger partial charge on any atom is 0.353 e. The third kappa shape index (κ3) is 1.05. The Hall–Kier alpha value is -2.30. The Balaban J connectivity index is 2.43. The van der Waals surface area contributed by atoms with E-state index >= 15 is 0 Å². The Kier molecular flexibility index (Phi) is 1.60. The van der Waals surface area contributed by atoms with Gasteiger partial charge in [-0.05, 0) is 18.6 Å². The van der Waals surface area contributed by atoms with Gasteiger partial charge in [0.15, 0.2) is 0 Å². The van der Waals surface area contributed by atoms with E-state index in [1.807, 2.05) is 25.1 Å². The monoisotopic (exact) mass is 215 g/mol. The standard InChI is InChI=1S/C11H9N3O2/c1-6-3-2-4-8-9(6)13-11-12-7(10(15)16)5-14(8)11/h2-5H,1H3,(H,12,13)(H,15,16). The number of imidazole rings is 2. The number of carboxylic acid groups (broad SMARTS) is 1. The Morgan fingerprint density at radius 1 is 1.50 bits per heavy atom. The summed E-state index contributed by atoms with van der Waals surface area (Å²) >= 11 is 0. The minimum atomic E-state index is -0.980. The highest BCUT2D eigenvalue weighted by molar-refractivity contribution is 5.88. The summed E-state index contributed by atoms with van der Waals surface area (Å²) in [6.07, 6.45) is 1.55. The van der Waals surface area contributed by atoms with Crippen molar-refractivity contribution in [3.05, 3.63) is 35.7 Å². The van der Waals surface area contributed by atoms with Crippen LogP contribution in [0.25, 0.3) is 16.8 Å². The molecule has 0 saturated heterocycles. The highest BCUT2D eigenvalue weighted by Gasteiger charge is 2.12. The molecule has 0 saturated carbocycles. The highest BCUT2D eigenvalue weighted by atomic mass is 16.4. The molecule has 0 spiro atoms. The number of nitrogens with zero attached hydrogens (tertiary/aromatic N) is 2. The number of carbonyl (C=O) groups is 1.